The number of hydrogen-bond donors (Lipinski definition) is 1. The number of hydrogen-bond acceptors (Lipinski definition) is 6. The Bertz CT molecular complexity index is 665. The summed E-state index contributed by atoms with van der Waals surface area (Å²) in [5.41, 5.74) is 2.32. The van der Waals surface area contributed by atoms with Gasteiger partial charge in [0, 0.05) is 17.2 Å². The maximum absolute atomic E-state index is 12.1. The molecule has 1 unspecified atom stereocenters. The minimum atomic E-state index is -0.502. The second-order valence-corrected chi connectivity index (χ2v) is 8.17. The van der Waals surface area contributed by atoms with E-state index in [0.29, 0.717) is 23.2 Å². The van der Waals surface area contributed by atoms with Crippen LogP contribution in [0.2, 0.25) is 5.02 Å². The van der Waals surface area contributed by atoms with E-state index in [4.69, 9.17) is 16.3 Å². The molecule has 1 aromatic heterocycles. The van der Waals surface area contributed by atoms with E-state index in [1.54, 1.807) is 18.5 Å². The Kier molecular flexibility index (Phi) is 7.48. The van der Waals surface area contributed by atoms with Crippen LogP contribution in [0.1, 0.15) is 27.2 Å². The summed E-state index contributed by atoms with van der Waals surface area (Å²) in [7, 11) is 0. The number of amides is 1. The molecule has 0 aliphatic rings. The number of halogens is 1. The van der Waals surface area contributed by atoms with Gasteiger partial charge in [-0.3, -0.25) is 4.79 Å². The first-order chi connectivity index (χ1) is 11.5. The molecule has 1 amide bonds. The van der Waals surface area contributed by atoms with E-state index in [1.807, 2.05) is 12.1 Å². The van der Waals surface area contributed by atoms with Gasteiger partial charge in [0.25, 0.3) is 5.91 Å². The number of nitrogens with one attached hydrogen (secondary N) is 1. The molecule has 5 nitrogen and oxygen atoms in total. The van der Waals surface area contributed by atoms with Crippen LogP contribution in [0.25, 0.3) is 0 Å². The van der Waals surface area contributed by atoms with Gasteiger partial charge in [-0.05, 0) is 37.5 Å². The number of nitrogens with zero attached hydrogens (tertiary/aromatic N) is 2. The zero-order chi connectivity index (χ0) is 17.5. The van der Waals surface area contributed by atoms with Crippen molar-refractivity contribution in [3.05, 3.63) is 28.7 Å². The summed E-state index contributed by atoms with van der Waals surface area (Å²) < 4.78 is 6.37. The Balaban J connectivity index is 1.90. The third-order valence-corrected chi connectivity index (χ3v) is 5.45. The molecule has 1 aromatic carbocycles. The molecule has 130 valence electrons. The molecule has 0 bridgehead atoms. The number of carbonyl (C=O) groups is 1. The summed E-state index contributed by atoms with van der Waals surface area (Å²) in [6.07, 6.45) is 0.430. The smallest absolute Gasteiger partial charge is 0.253 e. The Morgan fingerprint density at radius 2 is 2.21 bits per heavy atom. The minimum Gasteiger partial charge on any atom is -0.369 e. The highest BCUT2D eigenvalue weighted by Gasteiger charge is 2.14. The maximum Gasteiger partial charge on any atom is 0.253 e. The highest BCUT2D eigenvalue weighted by Crippen LogP contribution is 2.35. The zero-order valence-corrected chi connectivity index (χ0v) is 16.2. The lowest BCUT2D eigenvalue weighted by molar-refractivity contribution is -0.126. The quantitative estimate of drug-likeness (QED) is 0.711. The average molecular weight is 386 g/mol. The standard InChI is InChI=1S/C16H20ClN3O2S2/c1-10(2)6-7-22-11(3)15(21)19-12-4-5-14(13(17)8-12)24-16-20-18-9-23-16/h4-5,8-11H,6-7H2,1-3H3,(H,19,21). The molecule has 0 aliphatic heterocycles. The van der Waals surface area contributed by atoms with Gasteiger partial charge in [0.05, 0.1) is 5.02 Å². The van der Waals surface area contributed by atoms with Crippen LogP contribution < -0.4 is 5.32 Å². The van der Waals surface area contributed by atoms with E-state index in [2.05, 4.69) is 29.4 Å². The van der Waals surface area contributed by atoms with Gasteiger partial charge in [-0.25, -0.2) is 0 Å². The molecule has 0 saturated carbocycles. The predicted molar refractivity (Wildman–Crippen MR) is 99.0 cm³/mol. The minimum absolute atomic E-state index is 0.181. The summed E-state index contributed by atoms with van der Waals surface area (Å²) in [6, 6.07) is 5.39. The van der Waals surface area contributed by atoms with E-state index in [0.717, 1.165) is 15.7 Å². The number of anilines is 1. The van der Waals surface area contributed by atoms with Crippen LogP contribution in [-0.2, 0) is 9.53 Å². The molecule has 0 saturated heterocycles. The Morgan fingerprint density at radius 3 is 2.83 bits per heavy atom. The van der Waals surface area contributed by atoms with Crippen molar-refractivity contribution < 1.29 is 9.53 Å². The van der Waals surface area contributed by atoms with E-state index in [1.165, 1.54) is 23.1 Å². The van der Waals surface area contributed by atoms with Crippen LogP contribution in [0.5, 0.6) is 0 Å². The summed E-state index contributed by atoms with van der Waals surface area (Å²) in [6.45, 7) is 6.57. The summed E-state index contributed by atoms with van der Waals surface area (Å²) in [5, 5.41) is 11.1. The van der Waals surface area contributed by atoms with E-state index in [-0.39, 0.29) is 5.91 Å². The van der Waals surface area contributed by atoms with Gasteiger partial charge in [0.15, 0.2) is 4.34 Å². The normalized spacial score (nSPS) is 12.4. The number of aromatic nitrogens is 2. The van der Waals surface area contributed by atoms with Crippen LogP contribution in [0, 0.1) is 5.92 Å². The Morgan fingerprint density at radius 1 is 1.42 bits per heavy atom. The van der Waals surface area contributed by atoms with Crippen LogP contribution in [-0.4, -0.2) is 28.8 Å². The number of rotatable bonds is 8. The van der Waals surface area contributed by atoms with E-state index in [9.17, 15) is 4.79 Å². The number of benzene rings is 1. The Labute approximate surface area is 155 Å². The average Bonchev–Trinajstić information content (AvgIpc) is 3.02. The molecule has 0 spiro atoms. The molecule has 1 atom stereocenters. The van der Waals surface area contributed by atoms with Crippen molar-refractivity contribution in [1.29, 1.82) is 0 Å². The fourth-order valence-electron chi connectivity index (χ4n) is 1.76. The first kappa shape index (κ1) is 19.2. The topological polar surface area (TPSA) is 64.1 Å². The molecule has 8 heteroatoms. The van der Waals surface area contributed by atoms with Crippen LogP contribution in [0.3, 0.4) is 0 Å². The van der Waals surface area contributed by atoms with Gasteiger partial charge in [-0.1, -0.05) is 48.5 Å². The molecule has 1 heterocycles. The lowest BCUT2D eigenvalue weighted by atomic mass is 10.1. The second-order valence-electron chi connectivity index (χ2n) is 5.64. The van der Waals surface area contributed by atoms with Gasteiger partial charge in [0.1, 0.15) is 11.6 Å². The van der Waals surface area contributed by atoms with Crippen molar-refractivity contribution in [2.45, 2.75) is 42.5 Å². The highest BCUT2D eigenvalue weighted by molar-refractivity contribution is 8.01. The largest absolute Gasteiger partial charge is 0.369 e. The predicted octanol–water partition coefficient (Wildman–Crippen LogP) is 4.73. The third kappa shape index (κ3) is 6.05. The third-order valence-electron chi connectivity index (χ3n) is 3.17. The highest BCUT2D eigenvalue weighted by atomic mass is 35.5. The van der Waals surface area contributed by atoms with Gasteiger partial charge in [-0.2, -0.15) is 0 Å². The maximum atomic E-state index is 12.1. The molecular formula is C16H20ClN3O2S2. The molecule has 0 fully saturated rings. The van der Waals surface area contributed by atoms with Crippen LogP contribution in [0.15, 0.2) is 32.9 Å². The van der Waals surface area contributed by atoms with Crippen molar-refractivity contribution in [3.8, 4) is 0 Å². The Hall–Kier alpha value is -1.15. The van der Waals surface area contributed by atoms with Crippen molar-refractivity contribution in [2.75, 3.05) is 11.9 Å². The fourth-order valence-corrected chi connectivity index (χ4v) is 3.50. The number of carbonyl (C=O) groups excluding carboxylic acids is 1. The van der Waals surface area contributed by atoms with Crippen molar-refractivity contribution in [1.82, 2.24) is 10.2 Å². The van der Waals surface area contributed by atoms with Gasteiger partial charge < -0.3 is 10.1 Å². The molecule has 2 rings (SSSR count). The van der Waals surface area contributed by atoms with Crippen molar-refractivity contribution in [2.24, 2.45) is 5.92 Å². The molecule has 2 aromatic rings. The zero-order valence-electron chi connectivity index (χ0n) is 13.8. The summed E-state index contributed by atoms with van der Waals surface area (Å²) >= 11 is 9.18. The first-order valence-electron chi connectivity index (χ1n) is 7.61. The molecule has 24 heavy (non-hydrogen) atoms. The van der Waals surface area contributed by atoms with Crippen LogP contribution in [0.4, 0.5) is 5.69 Å². The summed E-state index contributed by atoms with van der Waals surface area (Å²) in [5.74, 6) is 0.372. The van der Waals surface area contributed by atoms with Gasteiger partial charge in [-0.15, -0.1) is 10.2 Å². The molecule has 1 N–H and O–H groups in total. The monoisotopic (exact) mass is 385 g/mol. The lowest BCUT2D eigenvalue weighted by Crippen LogP contribution is -2.28. The van der Waals surface area contributed by atoms with Crippen LogP contribution >= 0.6 is 34.7 Å². The second kappa shape index (κ2) is 9.36. The fraction of sp³-hybridized carbons (Fsp3) is 0.438. The molecule has 0 radical (unpaired) electrons. The van der Waals surface area contributed by atoms with E-state index < -0.39 is 6.10 Å². The van der Waals surface area contributed by atoms with E-state index >= 15 is 0 Å². The van der Waals surface area contributed by atoms with Crippen molar-refractivity contribution >= 4 is 46.3 Å². The molecule has 0 aliphatic carbocycles. The van der Waals surface area contributed by atoms with Gasteiger partial charge in [0.2, 0.25) is 0 Å². The first-order valence-corrected chi connectivity index (χ1v) is 9.69. The molecular weight excluding hydrogens is 366 g/mol. The SMILES string of the molecule is CC(C)CCOC(C)C(=O)Nc1ccc(Sc2nncs2)c(Cl)c1. The van der Waals surface area contributed by atoms with Gasteiger partial charge >= 0.3 is 0 Å². The van der Waals surface area contributed by atoms with Crippen molar-refractivity contribution in [3.63, 3.8) is 0 Å². The number of ether oxygens (including phenoxy) is 1. The lowest BCUT2D eigenvalue weighted by Gasteiger charge is -2.14. The summed E-state index contributed by atoms with van der Waals surface area (Å²) in [4.78, 5) is 13.0.